The van der Waals surface area contributed by atoms with E-state index in [9.17, 15) is 19.5 Å². The summed E-state index contributed by atoms with van der Waals surface area (Å²) in [5.74, 6) is -1.21. The Hall–Kier alpha value is -3.35. The Labute approximate surface area is 206 Å². The zero-order valence-electron chi connectivity index (χ0n) is 20.5. The number of benzene rings is 2. The van der Waals surface area contributed by atoms with E-state index in [1.807, 2.05) is 38.1 Å². The third-order valence-electron chi connectivity index (χ3n) is 7.77. The zero-order chi connectivity index (χ0) is 25.0. The molecular weight excluding hydrogens is 444 g/mol. The number of rotatable bonds is 8. The first-order valence-corrected chi connectivity index (χ1v) is 12.5. The number of amides is 2. The summed E-state index contributed by atoms with van der Waals surface area (Å²) in [5.41, 5.74) is 3.73. The monoisotopic (exact) mass is 478 g/mol. The molecule has 2 aliphatic rings. The standard InChI is InChI=1S/C28H34N2O5/c1-3-28(4-2,26(33)30-16-10-9-15-24(30)25(31)32)18-29-27(34)35-17-23-21-13-7-5-11-19(21)20-12-6-8-14-22(20)23/h5-8,11-14,23-24H,3-4,9-10,15-18H2,1-2H3,(H,29,34)(H,31,32)/t24-/m0/s1. The molecule has 2 N–H and O–H groups in total. The van der Waals surface area contributed by atoms with Crippen molar-refractivity contribution in [2.45, 2.75) is 57.9 Å². The maximum atomic E-state index is 13.5. The summed E-state index contributed by atoms with van der Waals surface area (Å²) in [6.45, 7) is 4.55. The Morgan fingerprint density at radius 3 is 2.17 bits per heavy atom. The molecule has 1 fully saturated rings. The lowest BCUT2D eigenvalue weighted by Crippen LogP contribution is -2.56. The van der Waals surface area contributed by atoms with Gasteiger partial charge in [0.2, 0.25) is 5.91 Å². The van der Waals surface area contributed by atoms with Gasteiger partial charge in [-0.2, -0.15) is 0 Å². The van der Waals surface area contributed by atoms with E-state index in [4.69, 9.17) is 4.74 Å². The molecule has 7 heteroatoms. The van der Waals surface area contributed by atoms with E-state index < -0.39 is 23.5 Å². The summed E-state index contributed by atoms with van der Waals surface area (Å²) >= 11 is 0. The van der Waals surface area contributed by atoms with Crippen LogP contribution in [0.4, 0.5) is 4.79 Å². The Balaban J connectivity index is 1.41. The maximum absolute atomic E-state index is 13.5. The number of piperidine rings is 1. The third-order valence-corrected chi connectivity index (χ3v) is 7.77. The fourth-order valence-corrected chi connectivity index (χ4v) is 5.50. The molecule has 186 valence electrons. The summed E-state index contributed by atoms with van der Waals surface area (Å²) < 4.78 is 5.64. The number of fused-ring (bicyclic) bond motifs is 3. The van der Waals surface area contributed by atoms with Crippen molar-refractivity contribution in [1.82, 2.24) is 10.2 Å². The second-order valence-corrected chi connectivity index (χ2v) is 9.51. The van der Waals surface area contributed by atoms with Crippen molar-refractivity contribution < 1.29 is 24.2 Å². The summed E-state index contributed by atoms with van der Waals surface area (Å²) in [6, 6.07) is 15.5. The first-order chi connectivity index (χ1) is 16.9. The normalized spacial score (nSPS) is 17.4. The van der Waals surface area contributed by atoms with Crippen molar-refractivity contribution >= 4 is 18.0 Å². The molecule has 2 aromatic rings. The van der Waals surface area contributed by atoms with Gasteiger partial charge in [-0.1, -0.05) is 62.4 Å². The number of alkyl carbamates (subject to hydrolysis) is 1. The van der Waals surface area contributed by atoms with Gasteiger partial charge in [-0.15, -0.1) is 0 Å². The molecule has 0 saturated carbocycles. The van der Waals surface area contributed by atoms with E-state index in [0.29, 0.717) is 25.8 Å². The van der Waals surface area contributed by atoms with Crippen molar-refractivity contribution in [3.63, 3.8) is 0 Å². The van der Waals surface area contributed by atoms with Crippen LogP contribution in [0.15, 0.2) is 48.5 Å². The molecule has 4 rings (SSSR count). The predicted molar refractivity (Wildman–Crippen MR) is 133 cm³/mol. The van der Waals surface area contributed by atoms with Crippen molar-refractivity contribution in [2.75, 3.05) is 19.7 Å². The minimum absolute atomic E-state index is 0.0402. The van der Waals surface area contributed by atoms with Crippen LogP contribution in [0.25, 0.3) is 11.1 Å². The second kappa shape index (κ2) is 10.5. The largest absolute Gasteiger partial charge is 0.480 e. The molecule has 0 radical (unpaired) electrons. The Morgan fingerprint density at radius 2 is 1.60 bits per heavy atom. The van der Waals surface area contributed by atoms with Gasteiger partial charge in [0.1, 0.15) is 12.6 Å². The second-order valence-electron chi connectivity index (χ2n) is 9.51. The van der Waals surface area contributed by atoms with Crippen LogP contribution in [-0.2, 0) is 14.3 Å². The summed E-state index contributed by atoms with van der Waals surface area (Å²) in [7, 11) is 0. The van der Waals surface area contributed by atoms with Crippen LogP contribution in [0.5, 0.6) is 0 Å². The van der Waals surface area contributed by atoms with Gasteiger partial charge in [0, 0.05) is 19.0 Å². The van der Waals surface area contributed by atoms with Gasteiger partial charge in [-0.25, -0.2) is 9.59 Å². The lowest BCUT2D eigenvalue weighted by atomic mass is 9.79. The maximum Gasteiger partial charge on any atom is 0.407 e. The highest BCUT2D eigenvalue weighted by molar-refractivity contribution is 5.88. The number of nitrogens with one attached hydrogen (secondary N) is 1. The van der Waals surface area contributed by atoms with Crippen LogP contribution in [0.3, 0.4) is 0 Å². The molecule has 2 aromatic carbocycles. The van der Waals surface area contributed by atoms with E-state index in [1.165, 1.54) is 4.90 Å². The topological polar surface area (TPSA) is 95.9 Å². The van der Waals surface area contributed by atoms with E-state index in [2.05, 4.69) is 29.6 Å². The fraction of sp³-hybridized carbons (Fsp3) is 0.464. The van der Waals surface area contributed by atoms with E-state index >= 15 is 0 Å². The number of carboxylic acid groups (broad SMARTS) is 1. The summed E-state index contributed by atoms with van der Waals surface area (Å²) in [4.78, 5) is 39.5. The summed E-state index contributed by atoms with van der Waals surface area (Å²) in [5, 5.41) is 12.4. The van der Waals surface area contributed by atoms with E-state index in [0.717, 1.165) is 35.1 Å². The molecule has 0 bridgehead atoms. The van der Waals surface area contributed by atoms with Gasteiger partial charge < -0.3 is 20.1 Å². The molecule has 1 heterocycles. The van der Waals surface area contributed by atoms with Crippen molar-refractivity contribution in [3.05, 3.63) is 59.7 Å². The van der Waals surface area contributed by atoms with Gasteiger partial charge in [0.15, 0.2) is 0 Å². The minimum Gasteiger partial charge on any atom is -0.480 e. The molecule has 0 spiro atoms. The van der Waals surface area contributed by atoms with Gasteiger partial charge in [0.05, 0.1) is 5.41 Å². The molecule has 35 heavy (non-hydrogen) atoms. The minimum atomic E-state index is -0.969. The Kier molecular flexibility index (Phi) is 7.43. The molecule has 1 saturated heterocycles. The summed E-state index contributed by atoms with van der Waals surface area (Å²) in [6.07, 6.45) is 2.47. The third kappa shape index (κ3) is 4.77. The number of likely N-dealkylation sites (tertiary alicyclic amines) is 1. The quantitative estimate of drug-likeness (QED) is 0.568. The molecule has 1 aliphatic heterocycles. The van der Waals surface area contributed by atoms with Gasteiger partial charge in [0.25, 0.3) is 0 Å². The number of carbonyl (C=O) groups excluding carboxylic acids is 2. The molecular formula is C28H34N2O5. The fourth-order valence-electron chi connectivity index (χ4n) is 5.50. The highest BCUT2D eigenvalue weighted by Gasteiger charge is 2.43. The number of nitrogens with zero attached hydrogens (tertiary/aromatic N) is 1. The Morgan fingerprint density at radius 1 is 1.00 bits per heavy atom. The van der Waals surface area contributed by atoms with Crippen molar-refractivity contribution in [2.24, 2.45) is 5.41 Å². The smallest absolute Gasteiger partial charge is 0.407 e. The number of hydrogen-bond donors (Lipinski definition) is 2. The van der Waals surface area contributed by atoms with Crippen LogP contribution in [-0.4, -0.2) is 53.7 Å². The number of hydrogen-bond acceptors (Lipinski definition) is 4. The van der Waals surface area contributed by atoms with Gasteiger partial charge in [-0.05, 0) is 54.4 Å². The van der Waals surface area contributed by atoms with Crippen molar-refractivity contribution in [1.29, 1.82) is 0 Å². The highest BCUT2D eigenvalue weighted by Crippen LogP contribution is 2.44. The number of ether oxygens (including phenoxy) is 1. The number of carboxylic acids is 1. The molecule has 1 atom stereocenters. The Bertz CT molecular complexity index is 1050. The molecule has 0 aromatic heterocycles. The average Bonchev–Trinajstić information content (AvgIpc) is 3.21. The number of carbonyl (C=O) groups is 3. The lowest BCUT2D eigenvalue weighted by molar-refractivity contribution is -0.157. The number of aliphatic carboxylic acids is 1. The van der Waals surface area contributed by atoms with Gasteiger partial charge in [-0.3, -0.25) is 4.79 Å². The van der Waals surface area contributed by atoms with Crippen LogP contribution in [0.1, 0.15) is 63.0 Å². The van der Waals surface area contributed by atoms with E-state index in [1.54, 1.807) is 0 Å². The lowest BCUT2D eigenvalue weighted by Gasteiger charge is -2.40. The van der Waals surface area contributed by atoms with Crippen LogP contribution < -0.4 is 5.32 Å². The van der Waals surface area contributed by atoms with Crippen LogP contribution in [0.2, 0.25) is 0 Å². The molecule has 0 unspecified atom stereocenters. The first-order valence-electron chi connectivity index (χ1n) is 12.5. The average molecular weight is 479 g/mol. The van der Waals surface area contributed by atoms with Crippen molar-refractivity contribution in [3.8, 4) is 11.1 Å². The highest BCUT2D eigenvalue weighted by atomic mass is 16.5. The SMILES string of the molecule is CCC(CC)(CNC(=O)OCC1c2ccccc2-c2ccccc21)C(=O)N1CCCC[C@H]1C(=O)O. The van der Waals surface area contributed by atoms with Crippen LogP contribution in [0, 0.1) is 5.41 Å². The molecule has 1 aliphatic carbocycles. The predicted octanol–water partition coefficient (Wildman–Crippen LogP) is 4.80. The van der Waals surface area contributed by atoms with E-state index in [-0.39, 0.29) is 25.0 Å². The molecule has 2 amide bonds. The zero-order valence-corrected chi connectivity index (χ0v) is 20.5. The van der Waals surface area contributed by atoms with Gasteiger partial charge >= 0.3 is 12.1 Å². The molecule has 7 nitrogen and oxygen atoms in total. The van der Waals surface area contributed by atoms with Crippen LogP contribution >= 0.6 is 0 Å². The first kappa shape index (κ1) is 24.8.